The topological polar surface area (TPSA) is 38.5 Å². The zero-order chi connectivity index (χ0) is 11.1. The van der Waals surface area contributed by atoms with Gasteiger partial charge in [0.2, 0.25) is 0 Å². The van der Waals surface area contributed by atoms with Crippen molar-refractivity contribution >= 4 is 0 Å². The van der Waals surface area contributed by atoms with Gasteiger partial charge in [0.25, 0.3) is 0 Å². The molecule has 0 spiro atoms. The Kier molecular flexibility index (Phi) is 5.58. The van der Waals surface area contributed by atoms with Gasteiger partial charge in [0.05, 0.1) is 6.61 Å². The Morgan fingerprint density at radius 1 is 1.20 bits per heavy atom. The summed E-state index contributed by atoms with van der Waals surface area (Å²) >= 11 is 0. The smallest absolute Gasteiger partial charge is 0.0646 e. The van der Waals surface area contributed by atoms with Gasteiger partial charge >= 0.3 is 0 Å². The predicted octanol–water partition coefficient (Wildman–Crippen LogP) is 1.62. The molecule has 0 unspecified atom stereocenters. The van der Waals surface area contributed by atoms with Crippen molar-refractivity contribution in [3.63, 3.8) is 0 Å². The molecule has 1 aliphatic rings. The molecule has 0 bridgehead atoms. The van der Waals surface area contributed by atoms with Crippen molar-refractivity contribution in [1.82, 2.24) is 4.90 Å². The van der Waals surface area contributed by atoms with E-state index < -0.39 is 0 Å². The van der Waals surface area contributed by atoms with Crippen molar-refractivity contribution in [2.75, 3.05) is 33.9 Å². The second kappa shape index (κ2) is 6.46. The molecule has 0 saturated heterocycles. The molecule has 1 fully saturated rings. The molecular weight excluding hydrogens is 188 g/mol. The molecule has 1 rings (SSSR count). The van der Waals surface area contributed by atoms with Crippen molar-refractivity contribution in [1.29, 1.82) is 0 Å². The molecule has 0 aromatic carbocycles. The van der Waals surface area contributed by atoms with Crippen LogP contribution in [-0.2, 0) is 4.74 Å². The lowest BCUT2D eigenvalue weighted by molar-refractivity contribution is 0.0638. The lowest BCUT2D eigenvalue weighted by Gasteiger charge is -2.33. The van der Waals surface area contributed by atoms with E-state index in [1.54, 1.807) is 0 Å². The number of nitrogens with zero attached hydrogens (tertiary/aromatic N) is 1. The summed E-state index contributed by atoms with van der Waals surface area (Å²) in [6.45, 7) is 2.69. The molecule has 0 radical (unpaired) electrons. The first-order chi connectivity index (χ1) is 7.12. The lowest BCUT2D eigenvalue weighted by atomic mass is 9.83. The molecule has 0 aliphatic heterocycles. The van der Waals surface area contributed by atoms with Crippen molar-refractivity contribution in [2.45, 2.75) is 44.1 Å². The molecule has 3 nitrogen and oxygen atoms in total. The summed E-state index contributed by atoms with van der Waals surface area (Å²) < 4.78 is 5.67. The first-order valence-electron chi connectivity index (χ1n) is 6.14. The van der Waals surface area contributed by atoms with Gasteiger partial charge in [-0.3, -0.25) is 0 Å². The molecule has 0 aromatic heterocycles. The van der Waals surface area contributed by atoms with Crippen molar-refractivity contribution in [2.24, 2.45) is 5.73 Å². The summed E-state index contributed by atoms with van der Waals surface area (Å²) in [5, 5.41) is 0. The van der Waals surface area contributed by atoms with Crippen LogP contribution in [0.25, 0.3) is 0 Å². The van der Waals surface area contributed by atoms with Gasteiger partial charge in [-0.2, -0.15) is 0 Å². The maximum absolute atomic E-state index is 6.27. The fourth-order valence-corrected chi connectivity index (χ4v) is 2.16. The highest BCUT2D eigenvalue weighted by molar-refractivity contribution is 4.86. The highest BCUT2D eigenvalue weighted by atomic mass is 16.5. The summed E-state index contributed by atoms with van der Waals surface area (Å²) in [6.07, 6.45) is 7.28. The Labute approximate surface area is 94.0 Å². The van der Waals surface area contributed by atoms with Crippen molar-refractivity contribution in [3.05, 3.63) is 0 Å². The fraction of sp³-hybridized carbons (Fsp3) is 1.00. The van der Waals surface area contributed by atoms with Gasteiger partial charge in [0.15, 0.2) is 0 Å². The van der Waals surface area contributed by atoms with E-state index in [4.69, 9.17) is 10.5 Å². The van der Waals surface area contributed by atoms with Gasteiger partial charge < -0.3 is 15.4 Å². The standard InChI is InChI=1S/C12H26N2O/c1-14(2)9-6-10-15-11-12(13)7-4-3-5-8-12/h3-11,13H2,1-2H3. The highest BCUT2D eigenvalue weighted by Gasteiger charge is 2.27. The number of nitrogens with two attached hydrogens (primary N) is 1. The Bertz CT molecular complexity index is 165. The van der Waals surface area contributed by atoms with E-state index in [0.29, 0.717) is 0 Å². The molecular formula is C12H26N2O. The van der Waals surface area contributed by atoms with E-state index in [9.17, 15) is 0 Å². The molecule has 0 heterocycles. The third-order valence-electron chi connectivity index (χ3n) is 3.13. The molecule has 2 N–H and O–H groups in total. The minimum Gasteiger partial charge on any atom is -0.379 e. The van der Waals surface area contributed by atoms with Gasteiger partial charge in [-0.05, 0) is 39.9 Å². The molecule has 3 heteroatoms. The van der Waals surface area contributed by atoms with Crippen LogP contribution in [0.2, 0.25) is 0 Å². The summed E-state index contributed by atoms with van der Waals surface area (Å²) in [7, 11) is 4.18. The van der Waals surface area contributed by atoms with E-state index in [1.165, 1.54) is 19.3 Å². The largest absolute Gasteiger partial charge is 0.379 e. The Morgan fingerprint density at radius 2 is 1.87 bits per heavy atom. The average molecular weight is 214 g/mol. The summed E-state index contributed by atoms with van der Waals surface area (Å²) in [5.41, 5.74) is 6.25. The van der Waals surface area contributed by atoms with E-state index in [2.05, 4.69) is 19.0 Å². The maximum atomic E-state index is 6.27. The minimum absolute atomic E-state index is 0.0175. The SMILES string of the molecule is CN(C)CCCOCC1(N)CCCCC1. The average Bonchev–Trinajstić information content (AvgIpc) is 2.17. The third kappa shape index (κ3) is 5.50. The van der Waals surface area contributed by atoms with Gasteiger partial charge in [-0.25, -0.2) is 0 Å². The van der Waals surface area contributed by atoms with E-state index in [0.717, 1.165) is 39.0 Å². The van der Waals surface area contributed by atoms with Crippen molar-refractivity contribution in [3.8, 4) is 0 Å². The van der Waals surface area contributed by atoms with Crippen LogP contribution in [0.5, 0.6) is 0 Å². The second-order valence-corrected chi connectivity index (χ2v) is 5.13. The predicted molar refractivity (Wildman–Crippen MR) is 64.0 cm³/mol. The van der Waals surface area contributed by atoms with Crippen molar-refractivity contribution < 1.29 is 4.74 Å². The Hall–Kier alpha value is -0.120. The highest BCUT2D eigenvalue weighted by Crippen LogP contribution is 2.25. The van der Waals surface area contributed by atoms with Crippen LogP contribution < -0.4 is 5.73 Å². The van der Waals surface area contributed by atoms with Gasteiger partial charge in [0, 0.05) is 12.1 Å². The monoisotopic (exact) mass is 214 g/mol. The summed E-state index contributed by atoms with van der Waals surface area (Å²) in [6, 6.07) is 0. The minimum atomic E-state index is -0.0175. The lowest BCUT2D eigenvalue weighted by Crippen LogP contribution is -2.46. The van der Waals surface area contributed by atoms with Crippen LogP contribution in [0.4, 0.5) is 0 Å². The summed E-state index contributed by atoms with van der Waals surface area (Å²) in [4.78, 5) is 2.18. The maximum Gasteiger partial charge on any atom is 0.0646 e. The molecule has 90 valence electrons. The third-order valence-corrected chi connectivity index (χ3v) is 3.13. The first-order valence-corrected chi connectivity index (χ1v) is 6.14. The Morgan fingerprint density at radius 3 is 2.47 bits per heavy atom. The molecule has 15 heavy (non-hydrogen) atoms. The van der Waals surface area contributed by atoms with Crippen LogP contribution in [0.1, 0.15) is 38.5 Å². The number of hydrogen-bond acceptors (Lipinski definition) is 3. The van der Waals surface area contributed by atoms with Gasteiger partial charge in [0.1, 0.15) is 0 Å². The zero-order valence-electron chi connectivity index (χ0n) is 10.3. The van der Waals surface area contributed by atoms with Gasteiger partial charge in [-0.1, -0.05) is 19.3 Å². The normalized spacial score (nSPS) is 20.8. The molecule has 1 saturated carbocycles. The van der Waals surface area contributed by atoms with E-state index in [1.807, 2.05) is 0 Å². The number of ether oxygens (including phenoxy) is 1. The van der Waals surface area contributed by atoms with Crippen LogP contribution in [0.3, 0.4) is 0 Å². The number of hydrogen-bond donors (Lipinski definition) is 1. The summed E-state index contributed by atoms with van der Waals surface area (Å²) in [5.74, 6) is 0. The van der Waals surface area contributed by atoms with Crippen LogP contribution in [0, 0.1) is 0 Å². The zero-order valence-corrected chi connectivity index (χ0v) is 10.3. The Balaban J connectivity index is 2.03. The first kappa shape index (κ1) is 12.9. The van der Waals surface area contributed by atoms with Gasteiger partial charge in [-0.15, -0.1) is 0 Å². The van der Waals surface area contributed by atoms with Crippen LogP contribution in [0.15, 0.2) is 0 Å². The quantitative estimate of drug-likeness (QED) is 0.683. The molecule has 0 atom stereocenters. The molecule has 0 aromatic rings. The molecule has 0 amide bonds. The van der Waals surface area contributed by atoms with E-state index in [-0.39, 0.29) is 5.54 Å². The number of rotatable bonds is 6. The van der Waals surface area contributed by atoms with Crippen LogP contribution >= 0.6 is 0 Å². The van der Waals surface area contributed by atoms with E-state index >= 15 is 0 Å². The van der Waals surface area contributed by atoms with Crippen LogP contribution in [-0.4, -0.2) is 44.3 Å². The fourth-order valence-electron chi connectivity index (χ4n) is 2.16. The molecule has 1 aliphatic carbocycles. The second-order valence-electron chi connectivity index (χ2n) is 5.13.